The van der Waals surface area contributed by atoms with Gasteiger partial charge in [-0.25, -0.2) is 10.8 Å². The molecule has 0 saturated heterocycles. The summed E-state index contributed by atoms with van der Waals surface area (Å²) < 4.78 is 6.85. The molecule has 148 valence electrons. The molecule has 3 rings (SSSR count). The highest BCUT2D eigenvalue weighted by Gasteiger charge is 2.15. The molecule has 3 aromatic rings. The van der Waals surface area contributed by atoms with Crippen molar-refractivity contribution in [3.05, 3.63) is 46.5 Å². The van der Waals surface area contributed by atoms with Gasteiger partial charge in [0.25, 0.3) is 5.91 Å². The van der Waals surface area contributed by atoms with E-state index in [2.05, 4.69) is 41.7 Å². The van der Waals surface area contributed by atoms with E-state index in [9.17, 15) is 4.79 Å². The zero-order chi connectivity index (χ0) is 20.4. The van der Waals surface area contributed by atoms with Crippen LogP contribution in [0.1, 0.15) is 42.0 Å². The number of nitrogens with one attached hydrogen (secondary N) is 2. The van der Waals surface area contributed by atoms with Gasteiger partial charge < -0.3 is 10.1 Å². The van der Waals surface area contributed by atoms with Crippen LogP contribution in [-0.2, 0) is 4.79 Å². The van der Waals surface area contributed by atoms with E-state index in [0.717, 1.165) is 43.9 Å². The topological polar surface area (TPSA) is 89.3 Å². The summed E-state index contributed by atoms with van der Waals surface area (Å²) in [5, 5.41) is 3.64. The number of nitrogens with two attached hydrogens (primary N) is 1. The van der Waals surface area contributed by atoms with E-state index in [1.807, 2.05) is 32.9 Å². The maximum atomic E-state index is 12.6. The van der Waals surface area contributed by atoms with Crippen molar-refractivity contribution in [1.29, 1.82) is 0 Å². The van der Waals surface area contributed by atoms with Crippen molar-refractivity contribution in [2.24, 2.45) is 5.84 Å². The van der Waals surface area contributed by atoms with Crippen LogP contribution in [-0.4, -0.2) is 17.5 Å². The van der Waals surface area contributed by atoms with Crippen molar-refractivity contribution in [3.63, 3.8) is 0 Å². The number of nitrogens with zero attached hydrogens (tertiary/aromatic N) is 1. The van der Waals surface area contributed by atoms with Gasteiger partial charge in [0.15, 0.2) is 11.7 Å². The van der Waals surface area contributed by atoms with E-state index in [-0.39, 0.29) is 12.5 Å². The number of anilines is 2. The Kier molecular flexibility index (Phi) is 5.86. The minimum atomic E-state index is -0.191. The summed E-state index contributed by atoms with van der Waals surface area (Å²) in [6, 6.07) is 8.05. The second-order valence-corrected chi connectivity index (χ2v) is 8.24. The van der Waals surface area contributed by atoms with Crippen molar-refractivity contribution in [3.8, 4) is 5.75 Å². The van der Waals surface area contributed by atoms with Gasteiger partial charge in [-0.3, -0.25) is 10.2 Å². The number of fused-ring (bicyclic) bond motifs is 1. The third kappa shape index (κ3) is 4.10. The number of carbonyl (C=O) groups excluding carboxylic acids is 1. The molecule has 6 nitrogen and oxygen atoms in total. The van der Waals surface area contributed by atoms with Gasteiger partial charge in [-0.1, -0.05) is 37.3 Å². The molecule has 0 aliphatic carbocycles. The highest BCUT2D eigenvalue weighted by atomic mass is 32.1. The molecular formula is C21H26N4O2S. The van der Waals surface area contributed by atoms with Crippen LogP contribution >= 0.6 is 11.3 Å². The summed E-state index contributed by atoms with van der Waals surface area (Å²) in [6.07, 6.45) is 0. The first-order valence-electron chi connectivity index (χ1n) is 9.20. The molecule has 1 heterocycles. The highest BCUT2D eigenvalue weighted by molar-refractivity contribution is 7.22. The van der Waals surface area contributed by atoms with Crippen LogP contribution in [0.4, 0.5) is 10.8 Å². The fourth-order valence-electron chi connectivity index (χ4n) is 3.20. The lowest BCUT2D eigenvalue weighted by molar-refractivity contribution is -0.118. The number of amides is 1. The quantitative estimate of drug-likeness (QED) is 0.415. The molecule has 1 aromatic heterocycles. The van der Waals surface area contributed by atoms with Gasteiger partial charge in [-0.2, -0.15) is 0 Å². The monoisotopic (exact) mass is 398 g/mol. The van der Waals surface area contributed by atoms with Crippen LogP contribution in [0.3, 0.4) is 0 Å². The molecule has 4 N–H and O–H groups in total. The molecule has 7 heteroatoms. The zero-order valence-corrected chi connectivity index (χ0v) is 17.7. The number of hydrogen-bond acceptors (Lipinski definition) is 6. The molecule has 28 heavy (non-hydrogen) atoms. The lowest BCUT2D eigenvalue weighted by atomic mass is 10.0. The minimum absolute atomic E-state index is 0.0433. The molecule has 0 unspecified atom stereocenters. The van der Waals surface area contributed by atoms with Gasteiger partial charge in [0, 0.05) is 5.69 Å². The number of nitrogen functional groups attached to an aromatic ring is 1. The largest absolute Gasteiger partial charge is 0.483 e. The summed E-state index contributed by atoms with van der Waals surface area (Å²) in [5.74, 6) is 6.36. The Hall–Kier alpha value is -2.64. The normalized spacial score (nSPS) is 11.1. The Morgan fingerprint density at radius 3 is 2.68 bits per heavy atom. The number of rotatable bonds is 6. The van der Waals surface area contributed by atoms with E-state index in [4.69, 9.17) is 10.6 Å². The number of hydrazine groups is 1. The number of aromatic nitrogens is 1. The van der Waals surface area contributed by atoms with Crippen molar-refractivity contribution in [2.75, 3.05) is 17.3 Å². The summed E-state index contributed by atoms with van der Waals surface area (Å²) in [5.41, 5.74) is 8.36. The second-order valence-electron chi connectivity index (χ2n) is 7.24. The molecule has 1 amide bonds. The molecule has 2 aromatic carbocycles. The number of hydrogen-bond donors (Lipinski definition) is 3. The molecule has 0 radical (unpaired) electrons. The zero-order valence-electron chi connectivity index (χ0n) is 16.8. The summed E-state index contributed by atoms with van der Waals surface area (Å²) in [6.45, 7) is 10.1. The van der Waals surface area contributed by atoms with Gasteiger partial charge in [0.1, 0.15) is 5.75 Å². The third-order valence-electron chi connectivity index (χ3n) is 4.65. The summed E-state index contributed by atoms with van der Waals surface area (Å²) in [7, 11) is 0. The Bertz CT molecular complexity index is 1030. The van der Waals surface area contributed by atoms with Crippen molar-refractivity contribution < 1.29 is 9.53 Å². The van der Waals surface area contributed by atoms with Crippen molar-refractivity contribution in [2.45, 2.75) is 40.5 Å². The van der Waals surface area contributed by atoms with Crippen LogP contribution < -0.4 is 21.3 Å². The van der Waals surface area contributed by atoms with Gasteiger partial charge in [-0.05, 0) is 61.1 Å². The van der Waals surface area contributed by atoms with Crippen LogP contribution in [0.25, 0.3) is 10.2 Å². The molecule has 0 fully saturated rings. The first kappa shape index (κ1) is 20.1. The predicted molar refractivity (Wildman–Crippen MR) is 116 cm³/mol. The summed E-state index contributed by atoms with van der Waals surface area (Å²) >= 11 is 1.46. The highest BCUT2D eigenvalue weighted by Crippen LogP contribution is 2.35. The fraction of sp³-hybridized carbons (Fsp3) is 0.333. The van der Waals surface area contributed by atoms with Crippen LogP contribution in [0.5, 0.6) is 5.75 Å². The third-order valence-corrected chi connectivity index (χ3v) is 5.78. The Balaban J connectivity index is 1.78. The smallest absolute Gasteiger partial charge is 0.262 e. The Morgan fingerprint density at radius 1 is 1.25 bits per heavy atom. The van der Waals surface area contributed by atoms with E-state index in [1.165, 1.54) is 11.3 Å². The van der Waals surface area contributed by atoms with Crippen LogP contribution in [0, 0.1) is 20.8 Å². The van der Waals surface area contributed by atoms with Gasteiger partial charge in [0.2, 0.25) is 0 Å². The molecule has 0 bridgehead atoms. The van der Waals surface area contributed by atoms with Gasteiger partial charge in [0.05, 0.1) is 10.2 Å². The lowest BCUT2D eigenvalue weighted by Gasteiger charge is -2.16. The maximum absolute atomic E-state index is 12.6. The number of aryl methyl sites for hydroxylation is 3. The standard InChI is InChI=1S/C21H26N4O2S/c1-11(2)15-7-6-12(3)8-17(15)27-10-18(26)24-19-13(4)9-16-20(14(19)5)28-21(23-16)25-22/h6-9,11H,10,22H2,1-5H3,(H,23,25)(H,24,26). The molecule has 0 aliphatic rings. The average Bonchev–Trinajstić information content (AvgIpc) is 3.06. The van der Waals surface area contributed by atoms with Crippen molar-refractivity contribution in [1.82, 2.24) is 4.98 Å². The molecule has 0 aliphatic heterocycles. The number of ether oxygens (including phenoxy) is 1. The minimum Gasteiger partial charge on any atom is -0.483 e. The average molecular weight is 399 g/mol. The number of thiazole rings is 1. The van der Waals surface area contributed by atoms with E-state index < -0.39 is 0 Å². The SMILES string of the molecule is Cc1ccc(C(C)C)c(OCC(=O)Nc2c(C)cc3nc(NN)sc3c2C)c1. The maximum Gasteiger partial charge on any atom is 0.262 e. The summed E-state index contributed by atoms with van der Waals surface area (Å²) in [4.78, 5) is 17.0. The second kappa shape index (κ2) is 8.16. The van der Waals surface area contributed by atoms with E-state index in [1.54, 1.807) is 0 Å². The lowest BCUT2D eigenvalue weighted by Crippen LogP contribution is -2.21. The number of carbonyl (C=O) groups is 1. The van der Waals surface area contributed by atoms with Gasteiger partial charge >= 0.3 is 0 Å². The first-order valence-corrected chi connectivity index (χ1v) is 10.0. The predicted octanol–water partition coefficient (Wildman–Crippen LogP) is 4.65. The molecule has 0 atom stereocenters. The Labute approximate surface area is 169 Å². The fourth-order valence-corrected chi connectivity index (χ4v) is 4.06. The number of benzene rings is 2. The first-order chi connectivity index (χ1) is 13.3. The molecule has 0 saturated carbocycles. The van der Waals surface area contributed by atoms with E-state index >= 15 is 0 Å². The molecular weight excluding hydrogens is 372 g/mol. The molecule has 0 spiro atoms. The Morgan fingerprint density at radius 2 is 2.00 bits per heavy atom. The van der Waals surface area contributed by atoms with Crippen LogP contribution in [0.2, 0.25) is 0 Å². The van der Waals surface area contributed by atoms with Crippen LogP contribution in [0.15, 0.2) is 24.3 Å². The van der Waals surface area contributed by atoms with E-state index in [0.29, 0.717) is 11.0 Å². The van der Waals surface area contributed by atoms with Crippen molar-refractivity contribution >= 4 is 38.3 Å². The van der Waals surface area contributed by atoms with Gasteiger partial charge in [-0.15, -0.1) is 0 Å².